The number of aliphatic imine (C=N–C) groups is 1. The molecule has 2 atom stereocenters. The van der Waals surface area contributed by atoms with Gasteiger partial charge in [-0.25, -0.2) is 9.59 Å². The molecular formula is C23H49N9O5. The molecule has 0 aromatic rings. The molecule has 14 heteroatoms. The van der Waals surface area contributed by atoms with Gasteiger partial charge in [0, 0.05) is 19.1 Å². The van der Waals surface area contributed by atoms with Crippen LogP contribution in [0.1, 0.15) is 64.2 Å². The van der Waals surface area contributed by atoms with Crippen LogP contribution in [0.4, 0.5) is 9.59 Å². The maximum atomic E-state index is 12.8. The van der Waals surface area contributed by atoms with E-state index in [1.165, 1.54) is 4.90 Å². The number of nitrogens with zero attached hydrogens (tertiary/aromatic N) is 2. The number of rotatable bonds is 22. The van der Waals surface area contributed by atoms with Crippen LogP contribution in [-0.4, -0.2) is 87.0 Å². The van der Waals surface area contributed by atoms with E-state index in [0.29, 0.717) is 51.9 Å². The number of carbonyl (C=O) groups excluding carboxylic acids is 3. The summed E-state index contributed by atoms with van der Waals surface area (Å²) in [7, 11) is 0. The summed E-state index contributed by atoms with van der Waals surface area (Å²) in [4.78, 5) is 41.8. The van der Waals surface area contributed by atoms with E-state index < -0.39 is 24.1 Å². The van der Waals surface area contributed by atoms with Gasteiger partial charge in [-0.15, -0.1) is 0 Å². The van der Waals surface area contributed by atoms with E-state index in [-0.39, 0.29) is 31.8 Å². The maximum absolute atomic E-state index is 12.8. The minimum atomic E-state index is -0.924. The molecule has 3 amide bonds. The fraction of sp³-hybridized carbons (Fsp3) is 0.826. The highest BCUT2D eigenvalue weighted by Crippen LogP contribution is 2.07. The fourth-order valence-electron chi connectivity index (χ4n) is 3.49. The molecule has 0 unspecified atom stereocenters. The summed E-state index contributed by atoms with van der Waals surface area (Å²) >= 11 is 0. The summed E-state index contributed by atoms with van der Waals surface area (Å²) in [6.45, 7) is 1.69. The molecule has 0 heterocycles. The van der Waals surface area contributed by atoms with Crippen molar-refractivity contribution >= 4 is 24.1 Å². The summed E-state index contributed by atoms with van der Waals surface area (Å²) in [5, 5.41) is 2.81. The quantitative estimate of drug-likeness (QED) is 0.0531. The summed E-state index contributed by atoms with van der Waals surface area (Å²) < 4.78 is 10.2. The van der Waals surface area contributed by atoms with Crippen molar-refractivity contribution in [3.8, 4) is 0 Å². The Morgan fingerprint density at radius 3 is 2.11 bits per heavy atom. The minimum Gasteiger partial charge on any atom is -0.448 e. The Morgan fingerprint density at radius 2 is 1.46 bits per heavy atom. The van der Waals surface area contributed by atoms with E-state index in [1.54, 1.807) is 0 Å². The van der Waals surface area contributed by atoms with E-state index in [2.05, 4.69) is 10.3 Å². The van der Waals surface area contributed by atoms with Crippen molar-refractivity contribution in [3.05, 3.63) is 0 Å². The molecule has 0 saturated heterocycles. The molecule has 0 rings (SSSR count). The van der Waals surface area contributed by atoms with Gasteiger partial charge in [0.15, 0.2) is 5.96 Å². The Balaban J connectivity index is 4.91. The third kappa shape index (κ3) is 21.0. The fourth-order valence-corrected chi connectivity index (χ4v) is 3.49. The Labute approximate surface area is 220 Å². The van der Waals surface area contributed by atoms with Gasteiger partial charge in [-0.2, -0.15) is 0 Å². The molecule has 37 heavy (non-hydrogen) atoms. The number of ether oxygens (including phenoxy) is 2. The van der Waals surface area contributed by atoms with Gasteiger partial charge in [-0.1, -0.05) is 25.7 Å². The van der Waals surface area contributed by atoms with Crippen LogP contribution in [0, 0.1) is 0 Å². The number of amides is 3. The Bertz CT molecular complexity index is 663. The number of nitrogens with two attached hydrogens (primary N) is 6. The Hall–Kier alpha value is -2.84. The molecule has 13 N–H and O–H groups in total. The molecule has 0 bridgehead atoms. The SMILES string of the molecule is NCCCCCCCN(CC(=O)N[C@H](CCCCN)COC(N)=O)C(=O)OC[C@@H](N)CCCN=C(N)N. The molecular weight excluding hydrogens is 482 g/mol. The number of hydrogen-bond donors (Lipinski definition) is 7. The predicted octanol–water partition coefficient (Wildman–Crippen LogP) is -0.576. The zero-order chi connectivity index (χ0) is 27.9. The highest BCUT2D eigenvalue weighted by molar-refractivity contribution is 5.82. The average molecular weight is 532 g/mol. The number of nitrogens with one attached hydrogen (secondary N) is 1. The average Bonchev–Trinajstić information content (AvgIpc) is 2.84. The van der Waals surface area contributed by atoms with Crippen LogP contribution in [0.2, 0.25) is 0 Å². The van der Waals surface area contributed by atoms with Crippen molar-refractivity contribution in [1.29, 1.82) is 0 Å². The summed E-state index contributed by atoms with van der Waals surface area (Å²) in [6.07, 6.45) is 6.27. The van der Waals surface area contributed by atoms with Gasteiger partial charge in [-0.05, 0) is 51.6 Å². The molecule has 0 aliphatic rings. The van der Waals surface area contributed by atoms with E-state index in [1.807, 2.05) is 0 Å². The number of primary amides is 1. The van der Waals surface area contributed by atoms with Crippen LogP contribution in [0.5, 0.6) is 0 Å². The molecule has 0 aromatic carbocycles. The van der Waals surface area contributed by atoms with Gasteiger partial charge in [0.1, 0.15) is 19.8 Å². The zero-order valence-electron chi connectivity index (χ0n) is 22.1. The molecule has 0 aromatic heterocycles. The Morgan fingerprint density at radius 1 is 0.811 bits per heavy atom. The standard InChI is InChI=1S/C23H49N9O5/c24-11-5-2-1-3-7-14-32(23(35)37-16-18(26)9-8-13-30-21(27)28)15-20(33)31-19(10-4-6-12-25)17-36-22(29)34/h18-19H,1-17,24-26H2,(H2,29,34)(H,31,33)(H4,27,28,30)/t18-,19+/m0/s1. The van der Waals surface area contributed by atoms with Crippen molar-refractivity contribution in [2.24, 2.45) is 39.4 Å². The van der Waals surface area contributed by atoms with Gasteiger partial charge in [0.05, 0.1) is 6.04 Å². The second-order valence-electron chi connectivity index (χ2n) is 8.94. The second kappa shape index (κ2) is 22.4. The first-order valence-corrected chi connectivity index (χ1v) is 13.0. The molecule has 0 saturated carbocycles. The molecule has 0 aliphatic heterocycles. The third-order valence-corrected chi connectivity index (χ3v) is 5.47. The summed E-state index contributed by atoms with van der Waals surface area (Å²) in [5.74, 6) is -0.382. The number of carbonyl (C=O) groups is 3. The maximum Gasteiger partial charge on any atom is 0.410 e. The molecule has 0 fully saturated rings. The molecule has 14 nitrogen and oxygen atoms in total. The van der Waals surface area contributed by atoms with Crippen molar-refractivity contribution in [2.75, 3.05) is 45.9 Å². The van der Waals surface area contributed by atoms with Crippen molar-refractivity contribution in [1.82, 2.24) is 10.2 Å². The molecule has 216 valence electrons. The predicted molar refractivity (Wildman–Crippen MR) is 143 cm³/mol. The van der Waals surface area contributed by atoms with Gasteiger partial charge in [0.2, 0.25) is 5.91 Å². The molecule has 0 radical (unpaired) electrons. The lowest BCUT2D eigenvalue weighted by molar-refractivity contribution is -0.123. The second-order valence-corrected chi connectivity index (χ2v) is 8.94. The summed E-state index contributed by atoms with van der Waals surface area (Å²) in [6, 6.07) is -0.831. The van der Waals surface area contributed by atoms with Gasteiger partial charge in [0.25, 0.3) is 0 Å². The van der Waals surface area contributed by atoms with E-state index >= 15 is 0 Å². The monoisotopic (exact) mass is 531 g/mol. The normalized spacial score (nSPS) is 12.3. The van der Waals surface area contributed by atoms with E-state index in [0.717, 1.165) is 38.5 Å². The lowest BCUT2D eigenvalue weighted by atomic mass is 10.1. The number of unbranched alkanes of at least 4 members (excludes halogenated alkanes) is 5. The van der Waals surface area contributed by atoms with E-state index in [4.69, 9.17) is 43.9 Å². The van der Waals surface area contributed by atoms with Gasteiger partial charge < -0.3 is 49.2 Å². The Kier molecular flexibility index (Phi) is 20.6. The lowest BCUT2D eigenvalue weighted by Gasteiger charge is -2.24. The van der Waals surface area contributed by atoms with Crippen LogP contribution in [-0.2, 0) is 14.3 Å². The smallest absolute Gasteiger partial charge is 0.410 e. The first-order valence-electron chi connectivity index (χ1n) is 13.0. The van der Waals surface area contributed by atoms with Crippen LogP contribution in [0.25, 0.3) is 0 Å². The van der Waals surface area contributed by atoms with Crippen LogP contribution in [0.15, 0.2) is 4.99 Å². The van der Waals surface area contributed by atoms with Crippen molar-refractivity contribution in [3.63, 3.8) is 0 Å². The number of hydrogen-bond acceptors (Lipinski definition) is 9. The highest BCUT2D eigenvalue weighted by Gasteiger charge is 2.21. The first-order chi connectivity index (χ1) is 17.7. The number of guanidine groups is 1. The van der Waals surface area contributed by atoms with Gasteiger partial charge in [-0.3, -0.25) is 14.7 Å². The van der Waals surface area contributed by atoms with Crippen LogP contribution >= 0.6 is 0 Å². The molecule has 0 spiro atoms. The largest absolute Gasteiger partial charge is 0.448 e. The zero-order valence-corrected chi connectivity index (χ0v) is 22.1. The lowest BCUT2D eigenvalue weighted by Crippen LogP contribution is -2.47. The summed E-state index contributed by atoms with van der Waals surface area (Å²) in [5.41, 5.74) is 32.7. The highest BCUT2D eigenvalue weighted by atomic mass is 16.6. The first kappa shape index (κ1) is 34.2. The van der Waals surface area contributed by atoms with E-state index in [9.17, 15) is 14.4 Å². The minimum absolute atomic E-state index is 0.00341. The van der Waals surface area contributed by atoms with Crippen LogP contribution in [0.3, 0.4) is 0 Å². The third-order valence-electron chi connectivity index (χ3n) is 5.47. The van der Waals surface area contributed by atoms with Crippen molar-refractivity contribution in [2.45, 2.75) is 76.3 Å². The topological polar surface area (TPSA) is 253 Å². The molecule has 0 aliphatic carbocycles. The van der Waals surface area contributed by atoms with Gasteiger partial charge >= 0.3 is 12.2 Å². The van der Waals surface area contributed by atoms with Crippen LogP contribution < -0.4 is 39.7 Å². The van der Waals surface area contributed by atoms with Crippen molar-refractivity contribution < 1.29 is 23.9 Å².